The molecule has 2 aromatic rings. The van der Waals surface area contributed by atoms with Crippen LogP contribution in [-0.2, 0) is 0 Å². The second kappa shape index (κ2) is 6.58. The van der Waals surface area contributed by atoms with E-state index in [1.165, 1.54) is 12.1 Å². The van der Waals surface area contributed by atoms with Gasteiger partial charge in [-0.05, 0) is 17.5 Å². The highest BCUT2D eigenvalue weighted by Gasteiger charge is 2.05. The summed E-state index contributed by atoms with van der Waals surface area (Å²) in [4.78, 5) is 0. The van der Waals surface area contributed by atoms with E-state index in [0.717, 1.165) is 0 Å². The van der Waals surface area contributed by atoms with Gasteiger partial charge in [-0.1, -0.05) is 27.2 Å². The van der Waals surface area contributed by atoms with E-state index < -0.39 is 22.8 Å². The molecule has 2 N–H and O–H groups in total. The minimum atomic E-state index is -1.23. The Morgan fingerprint density at radius 2 is 1.32 bits per heavy atom. The molecule has 0 saturated carbocycles. The monoisotopic (exact) mass is 276 g/mol. The number of nitrogens with two attached hydrogens (primary N) is 1. The topological polar surface area (TPSA) is 29.3 Å². The Hall–Kier alpha value is -2.31. The lowest BCUT2D eigenvalue weighted by Crippen LogP contribution is -1.94. The SMILES string of the molecule is FN(F)c1ccccc1.Nc1cc(F)c(F)cc1F. The molecule has 0 aromatic heterocycles. The van der Waals surface area contributed by atoms with Gasteiger partial charge in [0.2, 0.25) is 0 Å². The molecule has 0 spiro atoms. The number of nitrogens with zero attached hydrogens (tertiary/aromatic N) is 1. The van der Waals surface area contributed by atoms with Gasteiger partial charge >= 0.3 is 0 Å². The van der Waals surface area contributed by atoms with Crippen LogP contribution in [0.15, 0.2) is 42.5 Å². The van der Waals surface area contributed by atoms with Crippen molar-refractivity contribution in [3.63, 3.8) is 0 Å². The normalized spacial score (nSPS) is 9.53. The lowest BCUT2D eigenvalue weighted by Gasteiger charge is -1.97. The van der Waals surface area contributed by atoms with Crippen LogP contribution in [0.3, 0.4) is 0 Å². The van der Waals surface area contributed by atoms with Crippen LogP contribution in [0.1, 0.15) is 0 Å². The zero-order chi connectivity index (χ0) is 14.4. The Morgan fingerprint density at radius 3 is 1.74 bits per heavy atom. The van der Waals surface area contributed by atoms with Crippen molar-refractivity contribution in [2.75, 3.05) is 11.1 Å². The largest absolute Gasteiger partial charge is 0.396 e. The van der Waals surface area contributed by atoms with Gasteiger partial charge in [-0.2, -0.15) is 0 Å². The fourth-order valence-electron chi connectivity index (χ4n) is 1.08. The van der Waals surface area contributed by atoms with E-state index in [9.17, 15) is 22.1 Å². The maximum absolute atomic E-state index is 12.2. The van der Waals surface area contributed by atoms with Gasteiger partial charge in [-0.15, -0.1) is 0 Å². The Kier molecular flexibility index (Phi) is 5.11. The fraction of sp³-hybridized carbons (Fsp3) is 0. The van der Waals surface area contributed by atoms with Gasteiger partial charge in [0.1, 0.15) is 11.5 Å². The van der Waals surface area contributed by atoms with E-state index in [1.54, 1.807) is 18.2 Å². The zero-order valence-corrected chi connectivity index (χ0v) is 9.46. The summed E-state index contributed by atoms with van der Waals surface area (Å²) in [5.74, 6) is -3.32. The molecular weight excluding hydrogens is 267 g/mol. The van der Waals surface area contributed by atoms with E-state index in [4.69, 9.17) is 5.73 Å². The third-order valence-corrected chi connectivity index (χ3v) is 1.99. The number of rotatable bonds is 1. The smallest absolute Gasteiger partial charge is 0.161 e. The highest BCUT2D eigenvalue weighted by molar-refractivity contribution is 5.40. The standard InChI is InChI=1S/C6H4F3N.C6H5F2N/c7-3-1-5(9)6(10)2-4(3)8;7-9(8)6-4-2-1-3-5-6/h1-2H,10H2;1-5H. The van der Waals surface area contributed by atoms with Crippen molar-refractivity contribution in [2.24, 2.45) is 0 Å². The minimum Gasteiger partial charge on any atom is -0.396 e. The molecule has 0 bridgehead atoms. The number of benzene rings is 2. The number of hydrogen-bond acceptors (Lipinski definition) is 2. The van der Waals surface area contributed by atoms with Gasteiger partial charge in [-0.3, -0.25) is 0 Å². The first-order chi connectivity index (χ1) is 8.91. The van der Waals surface area contributed by atoms with Crippen molar-refractivity contribution >= 4 is 11.4 Å². The van der Waals surface area contributed by atoms with Crippen molar-refractivity contribution in [3.8, 4) is 0 Å². The average Bonchev–Trinajstić information content (AvgIpc) is 2.38. The Morgan fingerprint density at radius 1 is 0.789 bits per heavy atom. The number of anilines is 2. The fourth-order valence-corrected chi connectivity index (χ4v) is 1.08. The molecule has 0 heterocycles. The molecule has 0 aliphatic rings. The van der Waals surface area contributed by atoms with Gasteiger partial charge in [0.05, 0.1) is 5.69 Å². The molecule has 19 heavy (non-hydrogen) atoms. The molecule has 2 rings (SSSR count). The van der Waals surface area contributed by atoms with Crippen LogP contribution in [0, 0.1) is 17.5 Å². The second-order valence-electron chi connectivity index (χ2n) is 3.36. The summed E-state index contributed by atoms with van der Waals surface area (Å²) in [5, 5.41) is -0.917. The summed E-state index contributed by atoms with van der Waals surface area (Å²) >= 11 is 0. The summed E-state index contributed by atoms with van der Waals surface area (Å²) in [7, 11) is 0. The Bertz CT molecular complexity index is 481. The Labute approximate surface area is 105 Å². The van der Waals surface area contributed by atoms with Gasteiger partial charge in [0.25, 0.3) is 0 Å². The number of hydrogen-bond donors (Lipinski definition) is 1. The minimum absolute atomic E-state index is 0.0856. The highest BCUT2D eigenvalue weighted by Crippen LogP contribution is 2.14. The van der Waals surface area contributed by atoms with Gasteiger partial charge < -0.3 is 5.73 Å². The molecular formula is C12H9F5N2. The zero-order valence-electron chi connectivity index (χ0n) is 9.46. The maximum Gasteiger partial charge on any atom is 0.161 e. The van der Waals surface area contributed by atoms with Crippen LogP contribution in [0.5, 0.6) is 0 Å². The van der Waals surface area contributed by atoms with Crippen LogP contribution in [-0.4, -0.2) is 0 Å². The van der Waals surface area contributed by atoms with Crippen LogP contribution in [0.2, 0.25) is 0 Å². The quantitative estimate of drug-likeness (QED) is 0.370. The van der Waals surface area contributed by atoms with Gasteiger partial charge in [0.15, 0.2) is 11.6 Å². The van der Waals surface area contributed by atoms with E-state index >= 15 is 0 Å². The van der Waals surface area contributed by atoms with E-state index in [2.05, 4.69) is 0 Å². The molecule has 0 atom stereocenters. The molecule has 0 unspecified atom stereocenters. The molecule has 2 aromatic carbocycles. The molecule has 0 amide bonds. The number of halogens is 5. The van der Waals surface area contributed by atoms with Crippen LogP contribution in [0.4, 0.5) is 33.5 Å². The molecule has 0 fully saturated rings. The second-order valence-corrected chi connectivity index (χ2v) is 3.36. The first kappa shape index (κ1) is 14.7. The summed E-state index contributed by atoms with van der Waals surface area (Å²) in [6.45, 7) is 0. The molecule has 7 heteroatoms. The van der Waals surface area contributed by atoms with Crippen molar-refractivity contribution in [1.29, 1.82) is 0 Å². The number of para-hydroxylation sites is 1. The highest BCUT2D eigenvalue weighted by atomic mass is 19.4. The molecule has 0 radical (unpaired) electrons. The summed E-state index contributed by atoms with van der Waals surface area (Å²) in [6.07, 6.45) is 0. The van der Waals surface area contributed by atoms with Crippen molar-refractivity contribution in [1.82, 2.24) is 0 Å². The predicted octanol–water partition coefficient (Wildman–Crippen LogP) is 3.95. The maximum atomic E-state index is 12.2. The summed E-state index contributed by atoms with van der Waals surface area (Å²) in [6, 6.07) is 8.48. The molecule has 0 saturated heterocycles. The molecule has 0 aliphatic carbocycles. The van der Waals surface area contributed by atoms with Crippen molar-refractivity contribution < 1.29 is 22.1 Å². The van der Waals surface area contributed by atoms with Crippen LogP contribution in [0.25, 0.3) is 0 Å². The first-order valence-corrected chi connectivity index (χ1v) is 4.98. The van der Waals surface area contributed by atoms with Crippen molar-refractivity contribution in [3.05, 3.63) is 59.9 Å². The van der Waals surface area contributed by atoms with Gasteiger partial charge in [0, 0.05) is 12.1 Å². The van der Waals surface area contributed by atoms with E-state index in [-0.39, 0.29) is 11.4 Å². The lowest BCUT2D eigenvalue weighted by atomic mass is 10.3. The Balaban J connectivity index is 0.000000191. The first-order valence-electron chi connectivity index (χ1n) is 4.98. The molecule has 102 valence electrons. The van der Waals surface area contributed by atoms with Crippen molar-refractivity contribution in [2.45, 2.75) is 0 Å². The van der Waals surface area contributed by atoms with E-state index in [0.29, 0.717) is 12.1 Å². The summed E-state index contributed by atoms with van der Waals surface area (Å²) < 4.78 is 59.7. The third kappa shape index (κ3) is 4.46. The van der Waals surface area contributed by atoms with Crippen LogP contribution < -0.4 is 11.1 Å². The molecule has 2 nitrogen and oxygen atoms in total. The number of nitrogen functional groups attached to an aromatic ring is 1. The lowest BCUT2D eigenvalue weighted by molar-refractivity contribution is 0.235. The molecule has 0 aliphatic heterocycles. The summed E-state index contributed by atoms with van der Waals surface area (Å²) in [5.41, 5.74) is 4.43. The third-order valence-electron chi connectivity index (χ3n) is 1.99. The van der Waals surface area contributed by atoms with Gasteiger partial charge in [-0.25, -0.2) is 13.2 Å². The average molecular weight is 276 g/mol. The predicted molar refractivity (Wildman–Crippen MR) is 61.9 cm³/mol. The van der Waals surface area contributed by atoms with E-state index in [1.807, 2.05) is 0 Å². The van der Waals surface area contributed by atoms with Crippen LogP contribution >= 0.6 is 0 Å².